The predicted molar refractivity (Wildman–Crippen MR) is 129 cm³/mol. The van der Waals surface area contributed by atoms with Crippen LogP contribution >= 0.6 is 0 Å². The van der Waals surface area contributed by atoms with E-state index in [0.717, 1.165) is 35.5 Å². The quantitative estimate of drug-likeness (QED) is 0.460. The smallest absolute Gasteiger partial charge is 0.346 e. The molecule has 0 bridgehead atoms. The summed E-state index contributed by atoms with van der Waals surface area (Å²) in [6.45, 7) is 0.997. The number of nitrogens with zero attached hydrogens (tertiary/aromatic N) is 4. The summed E-state index contributed by atoms with van der Waals surface area (Å²) in [6.07, 6.45) is 7.57. The number of hydrogen-bond acceptors (Lipinski definition) is 6. The van der Waals surface area contributed by atoms with E-state index >= 15 is 0 Å². The normalized spacial score (nSPS) is 18.9. The van der Waals surface area contributed by atoms with Gasteiger partial charge >= 0.3 is 6.03 Å². The summed E-state index contributed by atoms with van der Waals surface area (Å²) in [5.74, 6) is 1.06. The predicted octanol–water partition coefficient (Wildman–Crippen LogP) is 3.90. The van der Waals surface area contributed by atoms with Gasteiger partial charge in [-0.1, -0.05) is 37.5 Å². The molecule has 3 aliphatic rings. The number of para-hydroxylation sites is 1. The van der Waals surface area contributed by atoms with Crippen molar-refractivity contribution in [1.29, 1.82) is 0 Å². The Kier molecular flexibility index (Phi) is 5.24. The number of carbonyl (C=O) groups is 2. The number of benzene rings is 2. The van der Waals surface area contributed by atoms with Gasteiger partial charge in [0.2, 0.25) is 0 Å². The average Bonchev–Trinajstić information content (AvgIpc) is 3.42. The minimum atomic E-state index is -0.820. The van der Waals surface area contributed by atoms with Crippen molar-refractivity contribution in [2.45, 2.75) is 37.6 Å². The first kappa shape index (κ1) is 21.4. The van der Waals surface area contributed by atoms with Gasteiger partial charge in [0.15, 0.2) is 11.5 Å². The van der Waals surface area contributed by atoms with Crippen LogP contribution in [0, 0.1) is 0 Å². The van der Waals surface area contributed by atoms with Crippen molar-refractivity contribution in [3.05, 3.63) is 60.3 Å². The Hall–Kier alpha value is -4.14. The van der Waals surface area contributed by atoms with Gasteiger partial charge in [-0.3, -0.25) is 4.79 Å². The molecule has 35 heavy (non-hydrogen) atoms. The van der Waals surface area contributed by atoms with Gasteiger partial charge < -0.3 is 14.8 Å². The lowest BCUT2D eigenvalue weighted by Crippen LogP contribution is -2.48. The van der Waals surface area contributed by atoms with E-state index in [9.17, 15) is 9.59 Å². The number of urea groups is 1. The zero-order valence-corrected chi connectivity index (χ0v) is 19.1. The van der Waals surface area contributed by atoms with Crippen molar-refractivity contribution >= 4 is 18.2 Å². The second-order valence-electron chi connectivity index (χ2n) is 9.01. The molecule has 1 N–H and O–H groups in total. The lowest BCUT2D eigenvalue weighted by atomic mass is 9.82. The number of nitrogens with one attached hydrogen (secondary N) is 1. The van der Waals surface area contributed by atoms with Gasteiger partial charge in [0.1, 0.15) is 24.4 Å². The van der Waals surface area contributed by atoms with Crippen LogP contribution in [0.5, 0.6) is 11.5 Å². The highest BCUT2D eigenvalue weighted by Gasteiger charge is 2.51. The number of hydrogen-bond donors (Lipinski definition) is 1. The first-order valence-electron chi connectivity index (χ1n) is 11.9. The van der Waals surface area contributed by atoms with Gasteiger partial charge in [-0.25, -0.2) is 9.48 Å². The molecule has 1 spiro atoms. The fraction of sp³-hybridized carbons (Fsp3) is 0.308. The molecule has 2 aliphatic heterocycles. The Morgan fingerprint density at radius 3 is 2.54 bits per heavy atom. The van der Waals surface area contributed by atoms with Crippen LogP contribution in [0.15, 0.2) is 59.8 Å². The van der Waals surface area contributed by atoms with E-state index in [0.29, 0.717) is 48.8 Å². The molecule has 9 nitrogen and oxygen atoms in total. The van der Waals surface area contributed by atoms with E-state index in [2.05, 4.69) is 10.4 Å². The van der Waals surface area contributed by atoms with Crippen molar-refractivity contribution in [3.8, 4) is 28.4 Å². The fourth-order valence-corrected chi connectivity index (χ4v) is 4.93. The monoisotopic (exact) mass is 471 g/mol. The first-order valence-corrected chi connectivity index (χ1v) is 11.9. The second kappa shape index (κ2) is 8.57. The maximum atomic E-state index is 13.1. The maximum absolute atomic E-state index is 13.1. The summed E-state index contributed by atoms with van der Waals surface area (Å²) in [5.41, 5.74) is 2.18. The van der Waals surface area contributed by atoms with Crippen LogP contribution in [-0.2, 0) is 4.79 Å². The summed E-state index contributed by atoms with van der Waals surface area (Å²) in [4.78, 5) is 25.8. The summed E-state index contributed by atoms with van der Waals surface area (Å²) in [7, 11) is 0. The van der Waals surface area contributed by atoms with Crippen LogP contribution in [0.1, 0.15) is 37.7 Å². The molecule has 0 unspecified atom stereocenters. The zero-order valence-electron chi connectivity index (χ0n) is 19.1. The highest BCUT2D eigenvalue weighted by atomic mass is 16.6. The lowest BCUT2D eigenvalue weighted by molar-refractivity contribution is -0.132. The van der Waals surface area contributed by atoms with Crippen LogP contribution < -0.4 is 14.8 Å². The van der Waals surface area contributed by atoms with Crippen molar-refractivity contribution in [2.75, 3.05) is 13.2 Å². The van der Waals surface area contributed by atoms with E-state index in [1.54, 1.807) is 4.68 Å². The van der Waals surface area contributed by atoms with E-state index in [4.69, 9.17) is 14.6 Å². The molecule has 3 heterocycles. The average molecular weight is 472 g/mol. The summed E-state index contributed by atoms with van der Waals surface area (Å²) in [6, 6.07) is 14.9. The molecule has 3 amide bonds. The first-order chi connectivity index (χ1) is 17.1. The zero-order chi connectivity index (χ0) is 23.8. The van der Waals surface area contributed by atoms with E-state index in [1.165, 1.54) is 6.21 Å². The van der Waals surface area contributed by atoms with Crippen molar-refractivity contribution in [1.82, 2.24) is 20.1 Å². The standard InChI is InChI=1S/C26H25N5O4/c32-24-26(11-5-2-6-12-26)28-25(33)31(24)27-16-19-17-30(20-7-3-1-4-8-20)29-23(19)18-9-10-21-22(15-18)35-14-13-34-21/h1,3-4,7-10,15-17H,2,5-6,11-14H2,(H,28,33). The summed E-state index contributed by atoms with van der Waals surface area (Å²) < 4.78 is 13.1. The molecule has 3 aromatic rings. The molecule has 0 atom stereocenters. The molecule has 9 heteroatoms. The Morgan fingerprint density at radius 1 is 0.971 bits per heavy atom. The number of fused-ring (bicyclic) bond motifs is 1. The van der Waals surface area contributed by atoms with Crippen LogP contribution in [0.3, 0.4) is 0 Å². The van der Waals surface area contributed by atoms with Gasteiger partial charge in [-0.05, 0) is 43.2 Å². The molecule has 178 valence electrons. The van der Waals surface area contributed by atoms with Crippen LogP contribution in [0.2, 0.25) is 0 Å². The SMILES string of the molecule is O=C1NC2(CCCCC2)C(=O)N1N=Cc1cn(-c2ccccc2)nc1-c1ccc2c(c1)OCCO2. The van der Waals surface area contributed by atoms with Crippen molar-refractivity contribution in [3.63, 3.8) is 0 Å². The number of hydrazone groups is 1. The highest BCUT2D eigenvalue weighted by molar-refractivity contribution is 6.07. The Morgan fingerprint density at radius 2 is 1.74 bits per heavy atom. The third-order valence-corrected chi connectivity index (χ3v) is 6.74. The molecule has 0 radical (unpaired) electrons. The molecule has 1 aromatic heterocycles. The van der Waals surface area contributed by atoms with Gasteiger partial charge in [-0.2, -0.15) is 10.2 Å². The lowest BCUT2D eigenvalue weighted by Gasteiger charge is -2.29. The minimum absolute atomic E-state index is 0.283. The molecule has 1 saturated heterocycles. The Bertz CT molecular complexity index is 1310. The third kappa shape index (κ3) is 3.82. The van der Waals surface area contributed by atoms with Crippen LogP contribution in [0.25, 0.3) is 16.9 Å². The summed E-state index contributed by atoms with van der Waals surface area (Å²) >= 11 is 0. The number of ether oxygens (including phenoxy) is 2. The molecule has 1 saturated carbocycles. The van der Waals surface area contributed by atoms with Gasteiger partial charge in [0, 0.05) is 17.3 Å². The molecule has 2 aromatic carbocycles. The molecule has 2 fully saturated rings. The molecule has 6 rings (SSSR count). The molecule has 1 aliphatic carbocycles. The van der Waals surface area contributed by atoms with Crippen molar-refractivity contribution < 1.29 is 19.1 Å². The van der Waals surface area contributed by atoms with E-state index in [1.807, 2.05) is 54.7 Å². The number of imide groups is 1. The van der Waals surface area contributed by atoms with Crippen molar-refractivity contribution in [2.24, 2.45) is 5.10 Å². The topological polar surface area (TPSA) is 98.1 Å². The maximum Gasteiger partial charge on any atom is 0.346 e. The second-order valence-corrected chi connectivity index (χ2v) is 9.01. The largest absolute Gasteiger partial charge is 0.486 e. The van der Waals surface area contributed by atoms with Gasteiger partial charge in [0.05, 0.1) is 11.9 Å². The van der Waals surface area contributed by atoms with Crippen LogP contribution in [0.4, 0.5) is 4.79 Å². The van der Waals surface area contributed by atoms with Crippen LogP contribution in [-0.4, -0.2) is 51.7 Å². The molecular weight excluding hydrogens is 446 g/mol. The number of carbonyl (C=O) groups excluding carboxylic acids is 2. The summed E-state index contributed by atoms with van der Waals surface area (Å²) in [5, 5.41) is 13.0. The minimum Gasteiger partial charge on any atom is -0.486 e. The Balaban J connectivity index is 1.37. The number of rotatable bonds is 4. The van der Waals surface area contributed by atoms with Gasteiger partial charge in [-0.15, -0.1) is 5.01 Å². The highest BCUT2D eigenvalue weighted by Crippen LogP contribution is 2.36. The Labute approximate surface area is 202 Å². The van der Waals surface area contributed by atoms with E-state index < -0.39 is 11.6 Å². The number of amides is 3. The van der Waals surface area contributed by atoms with Gasteiger partial charge in [0.25, 0.3) is 5.91 Å². The third-order valence-electron chi connectivity index (χ3n) is 6.74. The molecular formula is C26H25N5O4. The van der Waals surface area contributed by atoms with E-state index in [-0.39, 0.29) is 5.91 Å². The number of aromatic nitrogens is 2. The fourth-order valence-electron chi connectivity index (χ4n) is 4.93.